The van der Waals surface area contributed by atoms with Crippen molar-refractivity contribution >= 4 is 58.4 Å². The molecule has 234 valence electrons. The molecule has 0 saturated carbocycles. The van der Waals surface area contributed by atoms with Crippen LogP contribution in [0.5, 0.6) is 0 Å². The molecule has 6 rings (SSSR count). The number of fused-ring (bicyclic) bond motifs is 2. The van der Waals surface area contributed by atoms with E-state index in [1.165, 1.54) is 59.3 Å². The number of amides is 2. The second-order valence-corrected chi connectivity index (χ2v) is 33.4. The standard InChI is InChI=1S/2C13H14N.2C4H11NOSi.Ga.Zr.3H/c2*1-2-6-12-11(5-1)7-8-13(12)14-9-3-4-10-14;2*1-7(2,3)4(5)6;;;;;/h2*1-2,5-8H,3-4,9-10H2;2*1-3H3,(H2,5,6);;;;;/q;;;;;+2;;;/p-2. The van der Waals surface area contributed by atoms with Crippen molar-refractivity contribution in [3.05, 3.63) is 82.9 Å². The van der Waals surface area contributed by atoms with Gasteiger partial charge in [-0.05, 0) is 0 Å². The molecule has 10 heteroatoms. The molecule has 6 nitrogen and oxygen atoms in total. The van der Waals surface area contributed by atoms with Gasteiger partial charge >= 0.3 is 286 Å². The number of nitrogens with zero attached hydrogens (tertiary/aromatic N) is 2. The van der Waals surface area contributed by atoms with E-state index < -0.39 is 37.0 Å². The summed E-state index contributed by atoms with van der Waals surface area (Å²) in [6.07, 6.45) is 9.74. The average molecular weight is 765 g/mol. The van der Waals surface area contributed by atoms with Crippen molar-refractivity contribution < 1.29 is 30.4 Å². The number of likely N-dealkylation sites (tertiary alicyclic amines) is 2. The zero-order chi connectivity index (χ0) is 30.6. The molecule has 0 bridgehead atoms. The predicted molar refractivity (Wildman–Crippen MR) is 190 cm³/mol. The monoisotopic (exact) mass is 762 g/mol. The van der Waals surface area contributed by atoms with Crippen molar-refractivity contribution in [3.63, 3.8) is 0 Å². The fourth-order valence-corrected chi connectivity index (χ4v) is 26.1. The molecular weight excluding hydrogens is 714 g/mol. The maximum absolute atomic E-state index is 14.3. The summed E-state index contributed by atoms with van der Waals surface area (Å²) in [6.45, 7) is 17.0. The summed E-state index contributed by atoms with van der Waals surface area (Å²) < 4.78 is 7.68. The zero-order valence-corrected chi connectivity index (χ0v) is 31.3. The van der Waals surface area contributed by atoms with Gasteiger partial charge in [0.25, 0.3) is 0 Å². The van der Waals surface area contributed by atoms with Gasteiger partial charge in [-0.15, -0.1) is 0 Å². The van der Waals surface area contributed by atoms with Crippen LogP contribution >= 0.6 is 0 Å². The molecule has 0 radical (unpaired) electrons. The molecular formula is C34H51GaN4O2Si2Zr. The normalized spacial score (nSPS) is 21.3. The van der Waals surface area contributed by atoms with Crippen LogP contribution in [0.3, 0.4) is 0 Å². The zero-order valence-electron chi connectivity index (χ0n) is 26.8. The summed E-state index contributed by atoms with van der Waals surface area (Å²) in [5.74, 6) is 0. The number of hydrogen-bond acceptors (Lipinski definition) is 4. The Balaban J connectivity index is 0.00000384. The Bertz CT molecular complexity index is 1380. The SMILES string of the molecule is C[Si](C)(C)C(=O)[NH][Zr]([NH]C(=O)[Si](C)(C)C)([CH]1C=C(N2CCCC2)c2ccccc21)[CH]1C=C(N2CCCC2)c2ccccc21.[GaH3]. The molecule has 2 aromatic carbocycles. The second-order valence-electron chi connectivity index (χ2n) is 14.9. The van der Waals surface area contributed by atoms with Gasteiger partial charge in [-0.2, -0.15) is 0 Å². The summed E-state index contributed by atoms with van der Waals surface area (Å²) in [4.78, 5) is 33.7. The van der Waals surface area contributed by atoms with Crippen LogP contribution in [0, 0.1) is 0 Å². The Kier molecular flexibility index (Phi) is 9.90. The molecule has 2 saturated heterocycles. The van der Waals surface area contributed by atoms with E-state index in [4.69, 9.17) is 0 Å². The third-order valence-corrected chi connectivity index (χ3v) is 24.2. The van der Waals surface area contributed by atoms with Gasteiger partial charge < -0.3 is 0 Å². The van der Waals surface area contributed by atoms with Crippen LogP contribution in [0.2, 0.25) is 39.3 Å². The minimum absolute atomic E-state index is 0. The molecule has 0 spiro atoms. The van der Waals surface area contributed by atoms with Crippen molar-refractivity contribution in [2.24, 2.45) is 0 Å². The van der Waals surface area contributed by atoms with Gasteiger partial charge in [0.1, 0.15) is 0 Å². The Morgan fingerprint density at radius 1 is 0.636 bits per heavy atom. The van der Waals surface area contributed by atoms with Crippen molar-refractivity contribution in [1.29, 1.82) is 0 Å². The fourth-order valence-electron chi connectivity index (χ4n) is 7.19. The van der Waals surface area contributed by atoms with Crippen molar-refractivity contribution in [2.75, 3.05) is 26.2 Å². The van der Waals surface area contributed by atoms with E-state index in [-0.39, 0.29) is 38.1 Å². The molecule has 2 heterocycles. The van der Waals surface area contributed by atoms with Gasteiger partial charge in [0.2, 0.25) is 0 Å². The van der Waals surface area contributed by atoms with Crippen LogP contribution in [-0.4, -0.2) is 83.0 Å². The van der Waals surface area contributed by atoms with Gasteiger partial charge in [0.05, 0.1) is 0 Å². The van der Waals surface area contributed by atoms with E-state index >= 15 is 0 Å². The van der Waals surface area contributed by atoms with Crippen LogP contribution in [-0.2, 0) is 20.8 Å². The summed E-state index contributed by atoms with van der Waals surface area (Å²) in [5.41, 5.74) is 8.00. The van der Waals surface area contributed by atoms with E-state index in [0.29, 0.717) is 0 Å². The first-order chi connectivity index (χ1) is 20.4. The van der Waals surface area contributed by atoms with E-state index in [9.17, 15) is 9.59 Å². The maximum atomic E-state index is 14.3. The molecule has 2 N–H and O–H groups in total. The molecule has 2 amide bonds. The third kappa shape index (κ3) is 6.23. The molecule has 2 aliphatic heterocycles. The van der Waals surface area contributed by atoms with E-state index in [2.05, 4.69) is 116 Å². The molecule has 2 aromatic rings. The number of carbonyl (C=O) groups excluding carboxylic acids is 2. The number of rotatable bonds is 8. The van der Waals surface area contributed by atoms with Gasteiger partial charge in [0, 0.05) is 0 Å². The number of benzene rings is 2. The van der Waals surface area contributed by atoms with Crippen LogP contribution in [0.25, 0.3) is 11.4 Å². The summed E-state index contributed by atoms with van der Waals surface area (Å²) in [5, 5.41) is 0. The molecule has 4 aliphatic rings. The van der Waals surface area contributed by atoms with Crippen molar-refractivity contribution in [1.82, 2.24) is 16.3 Å². The van der Waals surface area contributed by atoms with Crippen LogP contribution < -0.4 is 6.52 Å². The first kappa shape index (κ1) is 33.8. The minimum atomic E-state index is -4.44. The topological polar surface area (TPSA) is 64.7 Å². The van der Waals surface area contributed by atoms with Gasteiger partial charge in [-0.1, -0.05) is 0 Å². The summed E-state index contributed by atoms with van der Waals surface area (Å²) in [6, 6.07) is 17.6. The number of hydrogen-bond donors (Lipinski definition) is 2. The third-order valence-electron chi connectivity index (χ3n) is 9.67. The Labute approximate surface area is 284 Å². The van der Waals surface area contributed by atoms with E-state index in [1.54, 1.807) is 0 Å². The van der Waals surface area contributed by atoms with Gasteiger partial charge in [-0.25, -0.2) is 0 Å². The number of carbonyl (C=O) groups is 2. The van der Waals surface area contributed by atoms with E-state index in [1.807, 2.05) is 0 Å². The first-order valence-corrected chi connectivity index (χ1v) is 28.5. The summed E-state index contributed by atoms with van der Waals surface area (Å²) in [7, 11) is -4.47. The predicted octanol–water partition coefficient (Wildman–Crippen LogP) is 6.43. The molecule has 0 aromatic heterocycles. The number of nitrogens with one attached hydrogen (secondary N) is 2. The number of allylic oxidation sites excluding steroid dienone is 2. The Morgan fingerprint density at radius 2 is 0.977 bits per heavy atom. The molecule has 2 unspecified atom stereocenters. The fraction of sp³-hybridized carbons (Fsp3) is 0.471. The van der Waals surface area contributed by atoms with E-state index in [0.717, 1.165) is 26.2 Å². The Morgan fingerprint density at radius 3 is 1.32 bits per heavy atom. The van der Waals surface area contributed by atoms with Gasteiger partial charge in [0.15, 0.2) is 0 Å². The average Bonchev–Trinajstić information content (AvgIpc) is 3.76. The molecule has 2 fully saturated rings. The summed E-state index contributed by atoms with van der Waals surface area (Å²) >= 11 is -4.44. The first-order valence-electron chi connectivity index (χ1n) is 16.2. The second kappa shape index (κ2) is 12.9. The van der Waals surface area contributed by atoms with Crippen LogP contribution in [0.4, 0.5) is 9.59 Å². The van der Waals surface area contributed by atoms with Gasteiger partial charge in [-0.3, -0.25) is 0 Å². The molecule has 44 heavy (non-hydrogen) atoms. The van der Waals surface area contributed by atoms with Crippen molar-refractivity contribution in [3.8, 4) is 0 Å². The molecule has 2 aliphatic carbocycles. The quantitative estimate of drug-likeness (QED) is 0.305. The van der Waals surface area contributed by atoms with Crippen LogP contribution in [0.15, 0.2) is 60.7 Å². The Hall–Kier alpha value is -1.59. The molecule has 2 atom stereocenters. The van der Waals surface area contributed by atoms with Crippen molar-refractivity contribution in [2.45, 2.75) is 72.2 Å². The van der Waals surface area contributed by atoms with Crippen LogP contribution in [0.1, 0.15) is 55.2 Å².